The van der Waals surface area contributed by atoms with Gasteiger partial charge < -0.3 is 19.7 Å². The quantitative estimate of drug-likeness (QED) is 0.472. The van der Waals surface area contributed by atoms with E-state index in [0.717, 1.165) is 0 Å². The van der Waals surface area contributed by atoms with E-state index in [1.54, 1.807) is 30.3 Å². The van der Waals surface area contributed by atoms with Crippen LogP contribution in [-0.4, -0.2) is 15.3 Å². The summed E-state index contributed by atoms with van der Waals surface area (Å²) in [6.45, 7) is 0. The first-order valence-electron chi connectivity index (χ1n) is 7.91. The van der Waals surface area contributed by atoms with E-state index in [1.165, 1.54) is 30.3 Å². The van der Waals surface area contributed by atoms with Crippen molar-refractivity contribution < 1.29 is 19.7 Å². The van der Waals surface area contributed by atoms with Gasteiger partial charge in [0.05, 0.1) is 5.56 Å². The Kier molecular flexibility index (Phi) is 3.62. The maximum Gasteiger partial charge on any atom is 0.344 e. The predicted molar refractivity (Wildman–Crippen MR) is 98.4 cm³/mol. The molecule has 4 rings (SSSR count). The fraction of sp³-hybridized carbons (Fsp3) is 0. The molecule has 5 heteroatoms. The second-order valence-corrected chi connectivity index (χ2v) is 5.92. The lowest BCUT2D eigenvalue weighted by Gasteiger charge is -2.13. The van der Waals surface area contributed by atoms with E-state index in [2.05, 4.69) is 0 Å². The van der Waals surface area contributed by atoms with Gasteiger partial charge in [-0.2, -0.15) is 0 Å². The minimum Gasteiger partial charge on any atom is -0.508 e. The van der Waals surface area contributed by atoms with Gasteiger partial charge in [0.15, 0.2) is 0 Å². The van der Waals surface area contributed by atoms with Crippen molar-refractivity contribution in [1.82, 2.24) is 0 Å². The number of phenols is 3. The van der Waals surface area contributed by atoms with Crippen molar-refractivity contribution in [2.45, 2.75) is 0 Å². The topological polar surface area (TPSA) is 90.9 Å². The highest BCUT2D eigenvalue weighted by Gasteiger charge is 2.19. The maximum atomic E-state index is 12.7. The molecule has 0 radical (unpaired) electrons. The first-order chi connectivity index (χ1) is 12.5. The van der Waals surface area contributed by atoms with E-state index >= 15 is 0 Å². The van der Waals surface area contributed by atoms with E-state index in [0.29, 0.717) is 27.7 Å². The molecule has 128 valence electrons. The molecule has 1 heterocycles. The molecule has 0 saturated heterocycles. The fourth-order valence-corrected chi connectivity index (χ4v) is 3.08. The average molecular weight is 346 g/mol. The highest BCUT2D eigenvalue weighted by Crippen LogP contribution is 2.38. The second kappa shape index (κ2) is 5.97. The smallest absolute Gasteiger partial charge is 0.344 e. The number of rotatable bonds is 2. The van der Waals surface area contributed by atoms with Crippen LogP contribution in [0, 0.1) is 0 Å². The lowest BCUT2D eigenvalue weighted by molar-refractivity contribution is 0.451. The summed E-state index contributed by atoms with van der Waals surface area (Å²) >= 11 is 0. The zero-order valence-electron chi connectivity index (χ0n) is 13.5. The Morgan fingerprint density at radius 1 is 0.654 bits per heavy atom. The maximum absolute atomic E-state index is 12.7. The van der Waals surface area contributed by atoms with Gasteiger partial charge in [-0.05, 0) is 41.5 Å². The molecule has 4 aromatic rings. The Morgan fingerprint density at radius 3 is 2.00 bits per heavy atom. The predicted octanol–water partition coefficient (Wildman–Crippen LogP) is 4.24. The standard InChI is InChI=1S/C21H14O5/c22-14-7-5-12(6-8-14)20-19(13-9-15(23)11-16(24)10-13)17-3-1-2-4-18(17)26-21(20)25/h1-11,22-24H. The summed E-state index contributed by atoms with van der Waals surface area (Å²) < 4.78 is 5.46. The van der Waals surface area contributed by atoms with Gasteiger partial charge in [-0.3, -0.25) is 0 Å². The van der Waals surface area contributed by atoms with Crippen LogP contribution in [0.3, 0.4) is 0 Å². The molecule has 1 aromatic heterocycles. The molecule has 0 spiro atoms. The first kappa shape index (κ1) is 15.8. The van der Waals surface area contributed by atoms with E-state index in [1.807, 2.05) is 6.07 Å². The van der Waals surface area contributed by atoms with Gasteiger partial charge in [-0.25, -0.2) is 4.79 Å². The number of hydrogen-bond acceptors (Lipinski definition) is 5. The van der Waals surface area contributed by atoms with Gasteiger partial charge in [-0.1, -0.05) is 30.3 Å². The first-order valence-corrected chi connectivity index (χ1v) is 7.91. The number of para-hydroxylation sites is 1. The van der Waals surface area contributed by atoms with Crippen LogP contribution in [0.2, 0.25) is 0 Å². The van der Waals surface area contributed by atoms with Gasteiger partial charge >= 0.3 is 5.63 Å². The summed E-state index contributed by atoms with van der Waals surface area (Å²) in [5.41, 5.74) is 1.71. The summed E-state index contributed by atoms with van der Waals surface area (Å²) in [4.78, 5) is 12.7. The minimum absolute atomic E-state index is 0.0791. The summed E-state index contributed by atoms with van der Waals surface area (Å²) in [5, 5.41) is 30.0. The third kappa shape index (κ3) is 2.65. The third-order valence-corrected chi connectivity index (χ3v) is 4.16. The molecule has 0 atom stereocenters. The van der Waals surface area contributed by atoms with Crippen molar-refractivity contribution in [2.24, 2.45) is 0 Å². The Bertz CT molecular complexity index is 1150. The summed E-state index contributed by atoms with van der Waals surface area (Å²) in [6, 6.07) is 17.4. The monoisotopic (exact) mass is 346 g/mol. The fourth-order valence-electron chi connectivity index (χ4n) is 3.08. The van der Waals surface area contributed by atoms with E-state index in [4.69, 9.17) is 4.42 Å². The van der Waals surface area contributed by atoms with Crippen LogP contribution >= 0.6 is 0 Å². The van der Waals surface area contributed by atoms with Crippen LogP contribution in [0.25, 0.3) is 33.2 Å². The normalized spacial score (nSPS) is 10.9. The minimum atomic E-state index is -0.549. The summed E-state index contributed by atoms with van der Waals surface area (Å²) in [6.07, 6.45) is 0. The van der Waals surface area contributed by atoms with Crippen molar-refractivity contribution in [3.8, 4) is 39.5 Å². The molecule has 5 nitrogen and oxygen atoms in total. The van der Waals surface area contributed by atoms with Gasteiger partial charge in [0.25, 0.3) is 0 Å². The molecule has 0 saturated carbocycles. The lowest BCUT2D eigenvalue weighted by Crippen LogP contribution is -2.06. The van der Waals surface area contributed by atoms with E-state index in [-0.39, 0.29) is 22.8 Å². The number of hydrogen-bond donors (Lipinski definition) is 3. The molecule has 3 aromatic carbocycles. The highest BCUT2D eigenvalue weighted by atomic mass is 16.4. The Balaban J connectivity index is 2.16. The SMILES string of the molecule is O=c1oc2ccccc2c(-c2cc(O)cc(O)c2)c1-c1ccc(O)cc1. The molecule has 0 amide bonds. The van der Waals surface area contributed by atoms with Crippen LogP contribution in [-0.2, 0) is 0 Å². The average Bonchev–Trinajstić information content (AvgIpc) is 2.60. The highest BCUT2D eigenvalue weighted by molar-refractivity contribution is 6.01. The second-order valence-electron chi connectivity index (χ2n) is 5.92. The van der Waals surface area contributed by atoms with Crippen LogP contribution in [0.5, 0.6) is 17.2 Å². The van der Waals surface area contributed by atoms with Gasteiger partial charge in [0.2, 0.25) is 0 Å². The Labute approximate surface area is 148 Å². The zero-order valence-corrected chi connectivity index (χ0v) is 13.5. The van der Waals surface area contributed by atoms with Crippen LogP contribution in [0.15, 0.2) is 75.9 Å². The van der Waals surface area contributed by atoms with Gasteiger partial charge in [-0.15, -0.1) is 0 Å². The summed E-state index contributed by atoms with van der Waals surface area (Å²) in [5.74, 6) is -0.154. The number of fused-ring (bicyclic) bond motifs is 1. The number of aromatic hydroxyl groups is 3. The van der Waals surface area contributed by atoms with Crippen molar-refractivity contribution in [3.63, 3.8) is 0 Å². The molecule has 0 unspecified atom stereocenters. The molecule has 26 heavy (non-hydrogen) atoms. The number of benzene rings is 3. The van der Waals surface area contributed by atoms with Crippen LogP contribution < -0.4 is 5.63 Å². The largest absolute Gasteiger partial charge is 0.508 e. The molecule has 0 aliphatic carbocycles. The zero-order chi connectivity index (χ0) is 18.3. The van der Waals surface area contributed by atoms with Crippen molar-refractivity contribution in [2.75, 3.05) is 0 Å². The molecule has 3 N–H and O–H groups in total. The molecule has 0 aliphatic rings. The van der Waals surface area contributed by atoms with Crippen molar-refractivity contribution >= 4 is 11.0 Å². The summed E-state index contributed by atoms with van der Waals surface area (Å²) in [7, 11) is 0. The molecule has 0 aliphatic heterocycles. The van der Waals surface area contributed by atoms with Gasteiger partial charge in [0.1, 0.15) is 22.8 Å². The molecular formula is C21H14O5. The van der Waals surface area contributed by atoms with Crippen molar-refractivity contribution in [3.05, 3.63) is 77.2 Å². The Morgan fingerprint density at radius 2 is 1.31 bits per heavy atom. The van der Waals surface area contributed by atoms with Crippen LogP contribution in [0.4, 0.5) is 0 Å². The third-order valence-electron chi connectivity index (χ3n) is 4.16. The van der Waals surface area contributed by atoms with E-state index in [9.17, 15) is 20.1 Å². The lowest BCUT2D eigenvalue weighted by atomic mass is 9.93. The molecular weight excluding hydrogens is 332 g/mol. The molecule has 0 fully saturated rings. The van der Waals surface area contributed by atoms with Crippen molar-refractivity contribution in [1.29, 1.82) is 0 Å². The number of phenolic OH excluding ortho intramolecular Hbond substituents is 3. The van der Waals surface area contributed by atoms with Crippen LogP contribution in [0.1, 0.15) is 0 Å². The Hall–Kier alpha value is -3.73. The van der Waals surface area contributed by atoms with Gasteiger partial charge in [0, 0.05) is 17.0 Å². The molecule has 0 bridgehead atoms. The van der Waals surface area contributed by atoms with E-state index < -0.39 is 5.63 Å².